The predicted molar refractivity (Wildman–Crippen MR) is 152 cm³/mol. The van der Waals surface area contributed by atoms with E-state index in [1.54, 1.807) is 60.7 Å². The molecule has 0 unspecified atom stereocenters. The zero-order valence-electron chi connectivity index (χ0n) is 24.5. The molecule has 4 rings (SSSR count). The van der Waals surface area contributed by atoms with Crippen molar-refractivity contribution in [2.75, 3.05) is 20.3 Å². The first-order valence-corrected chi connectivity index (χ1v) is 13.9. The first kappa shape index (κ1) is 33.6. The Bertz CT molecular complexity index is 1480. The fourth-order valence-electron chi connectivity index (χ4n) is 5.17. The molecule has 1 aliphatic rings. The van der Waals surface area contributed by atoms with Gasteiger partial charge in [-0.1, -0.05) is 60.7 Å². The van der Waals surface area contributed by atoms with E-state index in [-0.39, 0.29) is 37.8 Å². The molecule has 0 spiro atoms. The number of likely N-dealkylation sites (tertiary alicyclic amines) is 1. The van der Waals surface area contributed by atoms with E-state index in [4.69, 9.17) is 14.2 Å². The maximum absolute atomic E-state index is 13.7. The molecule has 240 valence electrons. The lowest BCUT2D eigenvalue weighted by atomic mass is 9.79. The Hall–Kier alpha value is -4.32. The molecule has 3 aromatic carbocycles. The fourth-order valence-corrected chi connectivity index (χ4v) is 5.17. The van der Waals surface area contributed by atoms with Gasteiger partial charge in [-0.3, -0.25) is 4.90 Å². The van der Waals surface area contributed by atoms with Crippen LogP contribution in [-0.2, 0) is 43.5 Å². The summed E-state index contributed by atoms with van der Waals surface area (Å²) in [5.74, 6) is -0.621. The lowest BCUT2D eigenvalue weighted by Gasteiger charge is -2.47. The minimum absolute atomic E-state index is 0.0580. The van der Waals surface area contributed by atoms with Gasteiger partial charge >= 0.3 is 24.4 Å². The van der Waals surface area contributed by atoms with Crippen molar-refractivity contribution in [3.63, 3.8) is 0 Å². The number of rotatable bonds is 8. The molecule has 3 aromatic rings. The largest absolute Gasteiger partial charge is 0.466 e. The van der Waals surface area contributed by atoms with Crippen LogP contribution in [-0.4, -0.2) is 37.2 Å². The molecular formula is C33H31F6NO5. The standard InChI is InChI=1S/C33H31F6NO5/c1-22(25-16-27(32(34,35)36)18-28(17-25)33(37,38)39)45-21-31(26-11-7-4-8-12-26)14-13-24(15-29(41)43-2)19-40(31)30(42)44-20-23-9-5-3-6-10-23/h3-12,15-18,22H,13-14,19-21H2,1-2H3/t22-,31-/m1/s1. The van der Waals surface area contributed by atoms with Gasteiger partial charge in [0.2, 0.25) is 0 Å². The molecule has 0 saturated carbocycles. The number of amides is 1. The smallest absolute Gasteiger partial charge is 0.416 e. The first-order valence-electron chi connectivity index (χ1n) is 13.9. The van der Waals surface area contributed by atoms with Gasteiger partial charge in [0.05, 0.1) is 36.5 Å². The molecule has 1 fully saturated rings. The van der Waals surface area contributed by atoms with E-state index in [1.807, 2.05) is 0 Å². The highest BCUT2D eigenvalue weighted by Crippen LogP contribution is 2.42. The van der Waals surface area contributed by atoms with Crippen molar-refractivity contribution in [2.24, 2.45) is 0 Å². The summed E-state index contributed by atoms with van der Waals surface area (Å²) in [6, 6.07) is 18.9. The predicted octanol–water partition coefficient (Wildman–Crippen LogP) is 8.23. The number of benzene rings is 3. The summed E-state index contributed by atoms with van der Waals surface area (Å²) in [4.78, 5) is 27.2. The highest BCUT2D eigenvalue weighted by atomic mass is 19.4. The summed E-state index contributed by atoms with van der Waals surface area (Å²) in [7, 11) is 1.22. The number of esters is 1. The quantitative estimate of drug-likeness (QED) is 0.142. The number of halogens is 6. The Morgan fingerprint density at radius 2 is 1.49 bits per heavy atom. The molecule has 0 radical (unpaired) electrons. The molecule has 1 saturated heterocycles. The molecule has 45 heavy (non-hydrogen) atoms. The van der Waals surface area contributed by atoms with Gasteiger partial charge in [-0.15, -0.1) is 0 Å². The van der Waals surface area contributed by atoms with Gasteiger partial charge < -0.3 is 14.2 Å². The van der Waals surface area contributed by atoms with Crippen LogP contribution in [0, 0.1) is 0 Å². The van der Waals surface area contributed by atoms with Crippen LogP contribution in [0.2, 0.25) is 0 Å². The van der Waals surface area contributed by atoms with Gasteiger partial charge in [0.15, 0.2) is 0 Å². The number of carbonyl (C=O) groups excluding carboxylic acids is 2. The summed E-state index contributed by atoms with van der Waals surface area (Å²) in [6.45, 7) is 0.898. The van der Waals surface area contributed by atoms with Crippen LogP contribution in [0.1, 0.15) is 53.7 Å². The number of carbonyl (C=O) groups is 2. The van der Waals surface area contributed by atoms with Crippen molar-refractivity contribution in [3.8, 4) is 0 Å². The summed E-state index contributed by atoms with van der Waals surface area (Å²) in [5.41, 5.74) is -2.62. The van der Waals surface area contributed by atoms with Gasteiger partial charge in [-0.05, 0) is 60.2 Å². The number of nitrogens with zero attached hydrogens (tertiary/aromatic N) is 1. The highest BCUT2D eigenvalue weighted by Gasteiger charge is 2.46. The minimum atomic E-state index is -5.02. The maximum atomic E-state index is 13.7. The number of ether oxygens (including phenoxy) is 3. The molecule has 1 heterocycles. The lowest BCUT2D eigenvalue weighted by Crippen LogP contribution is -2.56. The van der Waals surface area contributed by atoms with Crippen LogP contribution in [0.5, 0.6) is 0 Å². The SMILES string of the molecule is COC(=O)C=C1CC[C@@](CO[C@H](C)c2cc(C(F)(F)F)cc(C(F)(F)F)c2)(c2ccccc2)N(C(=O)OCc2ccccc2)C1. The zero-order chi connectivity index (χ0) is 32.8. The summed E-state index contributed by atoms with van der Waals surface area (Å²) in [5, 5.41) is 0. The number of hydrogen-bond acceptors (Lipinski definition) is 5. The lowest BCUT2D eigenvalue weighted by molar-refractivity contribution is -0.143. The Morgan fingerprint density at radius 3 is 2.04 bits per heavy atom. The van der Waals surface area contributed by atoms with Crippen LogP contribution in [0.15, 0.2) is 90.5 Å². The van der Waals surface area contributed by atoms with E-state index in [9.17, 15) is 35.9 Å². The second-order valence-corrected chi connectivity index (χ2v) is 10.6. The monoisotopic (exact) mass is 635 g/mol. The molecule has 0 aromatic heterocycles. The normalized spacial score (nSPS) is 18.8. The molecule has 1 aliphatic heterocycles. The van der Waals surface area contributed by atoms with Crippen LogP contribution in [0.4, 0.5) is 31.1 Å². The average molecular weight is 636 g/mol. The molecule has 0 bridgehead atoms. The Balaban J connectivity index is 1.71. The molecule has 2 atom stereocenters. The molecule has 6 nitrogen and oxygen atoms in total. The van der Waals surface area contributed by atoms with Crippen LogP contribution >= 0.6 is 0 Å². The maximum Gasteiger partial charge on any atom is 0.416 e. The van der Waals surface area contributed by atoms with Gasteiger partial charge in [0.25, 0.3) is 0 Å². The first-order chi connectivity index (χ1) is 21.2. The van der Waals surface area contributed by atoms with E-state index >= 15 is 0 Å². The molecule has 12 heteroatoms. The van der Waals surface area contributed by atoms with Gasteiger partial charge in [0, 0.05) is 12.6 Å². The Labute approximate surface area is 256 Å². The Kier molecular flexibility index (Phi) is 10.3. The Morgan fingerprint density at radius 1 is 0.911 bits per heavy atom. The van der Waals surface area contributed by atoms with E-state index in [0.717, 1.165) is 0 Å². The third-order valence-electron chi connectivity index (χ3n) is 7.65. The number of hydrogen-bond donors (Lipinski definition) is 0. The van der Waals surface area contributed by atoms with E-state index < -0.39 is 47.2 Å². The van der Waals surface area contributed by atoms with Crippen LogP contribution in [0.25, 0.3) is 0 Å². The van der Waals surface area contributed by atoms with Crippen LogP contribution < -0.4 is 0 Å². The number of piperidine rings is 1. The number of methoxy groups -OCH3 is 1. The van der Waals surface area contributed by atoms with Gasteiger partial charge in [0.1, 0.15) is 6.61 Å². The van der Waals surface area contributed by atoms with Crippen molar-refractivity contribution >= 4 is 12.1 Å². The van der Waals surface area contributed by atoms with Crippen molar-refractivity contribution < 1.29 is 50.1 Å². The van der Waals surface area contributed by atoms with Gasteiger partial charge in [-0.25, -0.2) is 9.59 Å². The molecule has 0 N–H and O–H groups in total. The van der Waals surface area contributed by atoms with Crippen LogP contribution in [0.3, 0.4) is 0 Å². The second kappa shape index (κ2) is 13.8. The summed E-state index contributed by atoms with van der Waals surface area (Å²) < 4.78 is 97.7. The highest BCUT2D eigenvalue weighted by molar-refractivity contribution is 5.83. The second-order valence-electron chi connectivity index (χ2n) is 10.6. The van der Waals surface area contributed by atoms with Crippen molar-refractivity contribution in [2.45, 2.75) is 50.4 Å². The molecule has 0 aliphatic carbocycles. The third kappa shape index (κ3) is 8.24. The fraction of sp³-hybridized carbons (Fsp3) is 0.333. The topological polar surface area (TPSA) is 65.1 Å². The van der Waals surface area contributed by atoms with E-state index in [0.29, 0.717) is 35.3 Å². The third-order valence-corrected chi connectivity index (χ3v) is 7.65. The van der Waals surface area contributed by atoms with E-state index in [1.165, 1.54) is 25.0 Å². The molecule has 1 amide bonds. The van der Waals surface area contributed by atoms with E-state index in [2.05, 4.69) is 0 Å². The van der Waals surface area contributed by atoms with Gasteiger partial charge in [-0.2, -0.15) is 26.3 Å². The summed E-state index contributed by atoms with van der Waals surface area (Å²) >= 11 is 0. The average Bonchev–Trinajstić information content (AvgIpc) is 3.02. The number of alkyl halides is 6. The zero-order valence-corrected chi connectivity index (χ0v) is 24.5. The van der Waals surface area contributed by atoms with Crippen molar-refractivity contribution in [1.82, 2.24) is 4.90 Å². The van der Waals surface area contributed by atoms with Crippen molar-refractivity contribution in [3.05, 3.63) is 118 Å². The van der Waals surface area contributed by atoms with Crippen molar-refractivity contribution in [1.29, 1.82) is 0 Å². The minimum Gasteiger partial charge on any atom is -0.466 e. The molecular weight excluding hydrogens is 604 g/mol. The summed E-state index contributed by atoms with van der Waals surface area (Å²) in [6.07, 6.45) is -10.2.